The normalized spacial score (nSPS) is 9.70. The van der Waals surface area contributed by atoms with Crippen LogP contribution >= 0.6 is 0 Å². The van der Waals surface area contributed by atoms with Gasteiger partial charge in [-0.25, -0.2) is 9.59 Å². The largest absolute Gasteiger partial charge is 0.475 e. The van der Waals surface area contributed by atoms with Crippen molar-refractivity contribution in [1.29, 1.82) is 0 Å². The zero-order valence-corrected chi connectivity index (χ0v) is 10.1. The summed E-state index contributed by atoms with van der Waals surface area (Å²) in [5.41, 5.74) is 0. The molecule has 0 bridgehead atoms. The van der Waals surface area contributed by atoms with E-state index in [0.717, 1.165) is 0 Å². The summed E-state index contributed by atoms with van der Waals surface area (Å²) >= 11 is 0. The van der Waals surface area contributed by atoms with Crippen LogP contribution in [-0.4, -0.2) is 45.6 Å². The van der Waals surface area contributed by atoms with Crippen LogP contribution in [0.1, 0.15) is 21.1 Å². The van der Waals surface area contributed by atoms with Crippen LogP contribution in [0.2, 0.25) is 0 Å². The molecule has 2 rings (SSSR count). The number of hydrogen-bond acceptors (Lipinski definition) is 6. The number of furan rings is 2. The van der Waals surface area contributed by atoms with Crippen LogP contribution in [0.5, 0.6) is 0 Å². The Hall–Kier alpha value is -2.58. The summed E-state index contributed by atoms with van der Waals surface area (Å²) in [6, 6.07) is 5.32. The van der Waals surface area contributed by atoms with Gasteiger partial charge in [-0.15, -0.1) is 0 Å². The molecule has 0 aromatic carbocycles. The molecule has 0 atom stereocenters. The van der Waals surface area contributed by atoms with Crippen molar-refractivity contribution < 1.29 is 38.8 Å². The van der Waals surface area contributed by atoms with Crippen LogP contribution in [0, 0.1) is 0 Å². The Morgan fingerprint density at radius 3 is 1.35 bits per heavy atom. The standard InChI is InChI=1S/C10H6O6.C2H6O2/c11-9(12)7-3-1-5(15-7)6-2-4-8(16-6)10(13)14;3-1-2-4/h1-4H,(H,11,12)(H,13,14);3-4H,1-2H2. The number of aromatic carboxylic acids is 2. The third-order valence-corrected chi connectivity index (χ3v) is 1.98. The highest BCUT2D eigenvalue weighted by Crippen LogP contribution is 2.24. The molecule has 8 nitrogen and oxygen atoms in total. The van der Waals surface area contributed by atoms with E-state index in [9.17, 15) is 9.59 Å². The number of carboxylic acid groups (broad SMARTS) is 2. The summed E-state index contributed by atoms with van der Waals surface area (Å²) in [5.74, 6) is -2.52. The predicted molar refractivity (Wildman–Crippen MR) is 64.5 cm³/mol. The zero-order valence-electron chi connectivity index (χ0n) is 10.1. The highest BCUT2D eigenvalue weighted by Gasteiger charge is 2.15. The Bertz CT molecular complexity index is 528. The average molecular weight is 284 g/mol. The second kappa shape index (κ2) is 7.12. The lowest BCUT2D eigenvalue weighted by atomic mass is 10.3. The predicted octanol–water partition coefficient (Wildman–Crippen LogP) is 0.907. The fraction of sp³-hybridized carbons (Fsp3) is 0.167. The minimum Gasteiger partial charge on any atom is -0.475 e. The maximum atomic E-state index is 10.5. The summed E-state index contributed by atoms with van der Waals surface area (Å²) in [4.78, 5) is 21.1. The molecular weight excluding hydrogens is 272 g/mol. The first kappa shape index (κ1) is 15.5. The van der Waals surface area contributed by atoms with E-state index in [4.69, 9.17) is 29.3 Å². The third-order valence-electron chi connectivity index (χ3n) is 1.98. The molecule has 2 aromatic heterocycles. The van der Waals surface area contributed by atoms with Crippen molar-refractivity contribution in [2.45, 2.75) is 0 Å². The van der Waals surface area contributed by atoms with Crippen molar-refractivity contribution in [3.63, 3.8) is 0 Å². The number of rotatable bonds is 4. The molecule has 0 aliphatic heterocycles. The molecule has 4 N–H and O–H groups in total. The van der Waals surface area contributed by atoms with E-state index in [2.05, 4.69) is 0 Å². The Labute approximate surface area is 112 Å². The molecule has 0 fully saturated rings. The van der Waals surface area contributed by atoms with Crippen molar-refractivity contribution >= 4 is 11.9 Å². The van der Waals surface area contributed by atoms with E-state index in [-0.39, 0.29) is 36.3 Å². The molecule has 0 aliphatic carbocycles. The smallest absolute Gasteiger partial charge is 0.371 e. The SMILES string of the molecule is O=C(O)c1ccc(-c2ccc(C(=O)O)o2)o1.OCCO. The average Bonchev–Trinajstić information content (AvgIpc) is 3.07. The molecule has 0 amide bonds. The summed E-state index contributed by atoms with van der Waals surface area (Å²) in [6.45, 7) is -0.250. The van der Waals surface area contributed by atoms with Gasteiger partial charge in [0.2, 0.25) is 11.5 Å². The van der Waals surface area contributed by atoms with Gasteiger partial charge in [0, 0.05) is 0 Å². The summed E-state index contributed by atoms with van der Waals surface area (Å²) < 4.78 is 9.88. The molecule has 0 unspecified atom stereocenters. The van der Waals surface area contributed by atoms with Gasteiger partial charge >= 0.3 is 11.9 Å². The lowest BCUT2D eigenvalue weighted by molar-refractivity contribution is 0.0650. The number of hydrogen-bond donors (Lipinski definition) is 4. The first-order valence-electron chi connectivity index (χ1n) is 5.38. The maximum Gasteiger partial charge on any atom is 0.371 e. The van der Waals surface area contributed by atoms with Crippen molar-refractivity contribution in [1.82, 2.24) is 0 Å². The van der Waals surface area contributed by atoms with Gasteiger partial charge in [-0.05, 0) is 24.3 Å². The van der Waals surface area contributed by atoms with Gasteiger partial charge in [0.1, 0.15) is 0 Å². The Morgan fingerprint density at radius 1 is 0.800 bits per heavy atom. The van der Waals surface area contributed by atoms with Gasteiger partial charge in [-0.3, -0.25) is 0 Å². The van der Waals surface area contributed by atoms with Crippen LogP contribution in [0.15, 0.2) is 33.1 Å². The monoisotopic (exact) mass is 284 g/mol. The zero-order chi connectivity index (χ0) is 15.1. The molecule has 0 saturated carbocycles. The van der Waals surface area contributed by atoms with Crippen molar-refractivity contribution in [2.24, 2.45) is 0 Å². The number of carbonyl (C=O) groups is 2. The summed E-state index contributed by atoms with van der Waals surface area (Å²) in [6.07, 6.45) is 0. The fourth-order valence-electron chi connectivity index (χ4n) is 1.17. The highest BCUT2D eigenvalue weighted by molar-refractivity contribution is 5.86. The van der Waals surface area contributed by atoms with E-state index in [1.54, 1.807) is 0 Å². The second-order valence-electron chi connectivity index (χ2n) is 3.39. The Morgan fingerprint density at radius 2 is 1.15 bits per heavy atom. The topological polar surface area (TPSA) is 141 Å². The van der Waals surface area contributed by atoms with Crippen LogP contribution in [0.3, 0.4) is 0 Å². The van der Waals surface area contributed by atoms with Crippen LogP contribution < -0.4 is 0 Å². The van der Waals surface area contributed by atoms with Gasteiger partial charge in [0.05, 0.1) is 13.2 Å². The van der Waals surface area contributed by atoms with Crippen LogP contribution in [-0.2, 0) is 0 Å². The lowest BCUT2D eigenvalue weighted by Gasteiger charge is -1.90. The first-order chi connectivity index (χ1) is 9.49. The van der Waals surface area contributed by atoms with E-state index in [1.807, 2.05) is 0 Å². The molecule has 0 saturated heterocycles. The molecule has 0 radical (unpaired) electrons. The molecule has 2 heterocycles. The van der Waals surface area contributed by atoms with Gasteiger partial charge in [-0.1, -0.05) is 0 Å². The lowest BCUT2D eigenvalue weighted by Crippen LogP contribution is -1.91. The van der Waals surface area contributed by atoms with Crippen molar-refractivity contribution in [3.05, 3.63) is 35.8 Å². The second-order valence-corrected chi connectivity index (χ2v) is 3.39. The Kier molecular flexibility index (Phi) is 5.51. The maximum absolute atomic E-state index is 10.5. The van der Waals surface area contributed by atoms with Crippen LogP contribution in [0.25, 0.3) is 11.5 Å². The van der Waals surface area contributed by atoms with Gasteiger partial charge in [0.15, 0.2) is 11.5 Å². The highest BCUT2D eigenvalue weighted by atomic mass is 16.4. The third kappa shape index (κ3) is 3.97. The van der Waals surface area contributed by atoms with Crippen molar-refractivity contribution in [3.8, 4) is 11.5 Å². The van der Waals surface area contributed by atoms with E-state index in [0.29, 0.717) is 0 Å². The number of aliphatic hydroxyl groups is 2. The first-order valence-corrected chi connectivity index (χ1v) is 5.38. The Balaban J connectivity index is 0.000000444. The molecule has 20 heavy (non-hydrogen) atoms. The van der Waals surface area contributed by atoms with Crippen LogP contribution in [0.4, 0.5) is 0 Å². The number of aliphatic hydroxyl groups excluding tert-OH is 2. The molecule has 108 valence electrons. The minimum absolute atomic E-state index is 0.125. The quantitative estimate of drug-likeness (QED) is 0.649. The van der Waals surface area contributed by atoms with Gasteiger partial charge in [-0.2, -0.15) is 0 Å². The molecule has 8 heteroatoms. The minimum atomic E-state index is -1.20. The molecule has 0 aliphatic rings. The molecular formula is C12H12O8. The molecule has 2 aromatic rings. The number of carboxylic acids is 2. The van der Waals surface area contributed by atoms with E-state index >= 15 is 0 Å². The van der Waals surface area contributed by atoms with Gasteiger partial charge < -0.3 is 29.3 Å². The van der Waals surface area contributed by atoms with E-state index < -0.39 is 11.9 Å². The molecule has 0 spiro atoms. The fourth-order valence-corrected chi connectivity index (χ4v) is 1.17. The van der Waals surface area contributed by atoms with E-state index in [1.165, 1.54) is 24.3 Å². The summed E-state index contributed by atoms with van der Waals surface area (Å²) in [7, 11) is 0. The summed E-state index contributed by atoms with van der Waals surface area (Å²) in [5, 5.41) is 32.5. The van der Waals surface area contributed by atoms with Gasteiger partial charge in [0.25, 0.3) is 0 Å². The van der Waals surface area contributed by atoms with Crippen molar-refractivity contribution in [2.75, 3.05) is 13.2 Å².